The molecule has 4 rings (SSSR count). The van der Waals surface area contributed by atoms with E-state index in [1.807, 2.05) is 54.6 Å². The summed E-state index contributed by atoms with van der Waals surface area (Å²) in [7, 11) is 1.30. The molecule has 1 atom stereocenters. The van der Waals surface area contributed by atoms with Gasteiger partial charge in [-0.05, 0) is 72.7 Å². The number of methoxy groups -OCH3 is 1. The number of carbonyl (C=O) groups excluding carboxylic acids is 3. The number of rotatable bonds is 8. The van der Waals surface area contributed by atoms with Crippen molar-refractivity contribution in [2.24, 2.45) is 0 Å². The third-order valence-corrected chi connectivity index (χ3v) is 6.53. The first-order valence-electron chi connectivity index (χ1n) is 11.3. The highest BCUT2D eigenvalue weighted by atomic mass is 35.5. The van der Waals surface area contributed by atoms with E-state index in [0.717, 1.165) is 5.56 Å². The lowest BCUT2D eigenvalue weighted by atomic mass is 10.1. The van der Waals surface area contributed by atoms with E-state index in [2.05, 4.69) is 5.32 Å². The molecule has 3 aromatic carbocycles. The van der Waals surface area contributed by atoms with Crippen LogP contribution in [0.25, 0.3) is 0 Å². The number of anilines is 2. The molecule has 1 heterocycles. The van der Waals surface area contributed by atoms with E-state index in [1.165, 1.54) is 12.0 Å². The fourth-order valence-electron chi connectivity index (χ4n) is 4.00. The Morgan fingerprint density at radius 1 is 1.00 bits per heavy atom. The van der Waals surface area contributed by atoms with Crippen LogP contribution in [0, 0.1) is 0 Å². The van der Waals surface area contributed by atoms with Crippen molar-refractivity contribution in [3.05, 3.63) is 95.0 Å². The number of esters is 1. The number of nitrogens with one attached hydrogen (secondary N) is 1. The highest BCUT2D eigenvalue weighted by Gasteiger charge is 2.43. The second-order valence-electron chi connectivity index (χ2n) is 8.20. The van der Waals surface area contributed by atoms with Crippen molar-refractivity contribution < 1.29 is 19.1 Å². The van der Waals surface area contributed by atoms with E-state index in [4.69, 9.17) is 28.6 Å². The SMILES string of the molecule is COC(=O)c1ccc(NC(=O)CC2C(=O)N(c3ccccc3)C(=S)N2CCc2ccc(Cl)cc2)cc1. The summed E-state index contributed by atoms with van der Waals surface area (Å²) in [4.78, 5) is 41.3. The minimum absolute atomic E-state index is 0.0817. The molecule has 2 amide bonds. The molecule has 7 nitrogen and oxygen atoms in total. The highest BCUT2D eigenvalue weighted by molar-refractivity contribution is 7.80. The summed E-state index contributed by atoms with van der Waals surface area (Å²) in [6, 6.07) is 22.2. The second-order valence-corrected chi connectivity index (χ2v) is 9.00. The predicted molar refractivity (Wildman–Crippen MR) is 143 cm³/mol. The third-order valence-electron chi connectivity index (χ3n) is 5.86. The number of ether oxygens (including phenoxy) is 1. The Morgan fingerprint density at radius 2 is 1.67 bits per heavy atom. The lowest BCUT2D eigenvalue weighted by Gasteiger charge is -2.24. The van der Waals surface area contributed by atoms with Gasteiger partial charge in [0.2, 0.25) is 5.91 Å². The van der Waals surface area contributed by atoms with Crippen molar-refractivity contribution in [1.29, 1.82) is 0 Å². The summed E-state index contributed by atoms with van der Waals surface area (Å²) in [6.45, 7) is 0.460. The molecule has 3 aromatic rings. The van der Waals surface area contributed by atoms with Gasteiger partial charge in [-0.3, -0.25) is 14.5 Å². The quantitative estimate of drug-likeness (QED) is 0.342. The van der Waals surface area contributed by atoms with Crippen molar-refractivity contribution in [2.75, 3.05) is 23.9 Å². The maximum absolute atomic E-state index is 13.5. The zero-order valence-electron chi connectivity index (χ0n) is 19.5. The number of benzene rings is 3. The monoisotopic (exact) mass is 521 g/mol. The molecule has 36 heavy (non-hydrogen) atoms. The first-order chi connectivity index (χ1) is 17.4. The number of hydrogen-bond donors (Lipinski definition) is 1. The lowest BCUT2D eigenvalue weighted by molar-refractivity contribution is -0.124. The Labute approximate surface area is 219 Å². The molecule has 0 spiro atoms. The van der Waals surface area contributed by atoms with Gasteiger partial charge in [0.05, 0.1) is 24.8 Å². The molecule has 0 saturated carbocycles. The van der Waals surface area contributed by atoms with E-state index in [9.17, 15) is 14.4 Å². The molecule has 1 aliphatic rings. The molecular formula is C27H24ClN3O4S. The van der Waals surface area contributed by atoms with Gasteiger partial charge in [0, 0.05) is 17.3 Å². The zero-order chi connectivity index (χ0) is 25.7. The number of hydrogen-bond acceptors (Lipinski definition) is 5. The first kappa shape index (κ1) is 25.3. The van der Waals surface area contributed by atoms with E-state index < -0.39 is 12.0 Å². The molecule has 9 heteroatoms. The Balaban J connectivity index is 1.51. The molecule has 0 bridgehead atoms. The number of halogens is 1. The molecular weight excluding hydrogens is 498 g/mol. The van der Waals surface area contributed by atoms with Gasteiger partial charge in [-0.1, -0.05) is 41.9 Å². The van der Waals surface area contributed by atoms with Crippen molar-refractivity contribution >= 4 is 58.1 Å². The number of carbonyl (C=O) groups is 3. The average molecular weight is 522 g/mol. The van der Waals surface area contributed by atoms with Gasteiger partial charge >= 0.3 is 5.97 Å². The lowest BCUT2D eigenvalue weighted by Crippen LogP contribution is -2.39. The first-order valence-corrected chi connectivity index (χ1v) is 12.1. The minimum atomic E-state index is -0.751. The summed E-state index contributed by atoms with van der Waals surface area (Å²) in [5.74, 6) is -1.05. The maximum atomic E-state index is 13.5. The van der Waals surface area contributed by atoms with Gasteiger partial charge in [-0.15, -0.1) is 0 Å². The maximum Gasteiger partial charge on any atom is 0.337 e. The van der Waals surface area contributed by atoms with Gasteiger partial charge in [0.15, 0.2) is 5.11 Å². The molecule has 0 aliphatic carbocycles. The zero-order valence-corrected chi connectivity index (χ0v) is 21.1. The Bertz CT molecular complexity index is 1270. The number of thiocarbonyl (C=S) groups is 1. The molecule has 0 aromatic heterocycles. The number of nitrogens with zero attached hydrogens (tertiary/aromatic N) is 2. The van der Waals surface area contributed by atoms with Gasteiger partial charge in [-0.2, -0.15) is 0 Å². The van der Waals surface area contributed by atoms with Gasteiger partial charge < -0.3 is 15.0 Å². The topological polar surface area (TPSA) is 78.9 Å². The van der Waals surface area contributed by atoms with Crippen LogP contribution in [-0.2, 0) is 20.7 Å². The standard InChI is InChI=1S/C27H24ClN3O4S/c1-35-26(34)19-9-13-21(14-10-19)29-24(32)17-23-25(33)31(22-5-3-2-4-6-22)27(36)30(23)16-15-18-7-11-20(28)12-8-18/h2-14,23H,15-17H2,1H3,(H,29,32). The Kier molecular flexibility index (Phi) is 7.97. The van der Waals surface area contributed by atoms with E-state index >= 15 is 0 Å². The van der Waals surface area contributed by atoms with Crippen LogP contribution in [0.2, 0.25) is 5.02 Å². The summed E-state index contributed by atoms with van der Waals surface area (Å²) in [6.07, 6.45) is 0.544. The Hall–Kier alpha value is -3.75. The molecule has 0 radical (unpaired) electrons. The van der Waals surface area contributed by atoms with Gasteiger partial charge in [0.1, 0.15) is 6.04 Å². The minimum Gasteiger partial charge on any atom is -0.465 e. The summed E-state index contributed by atoms with van der Waals surface area (Å²) in [5.41, 5.74) is 2.58. The average Bonchev–Trinajstić information content (AvgIpc) is 3.12. The predicted octanol–water partition coefficient (Wildman–Crippen LogP) is 4.70. The fraction of sp³-hybridized carbons (Fsp3) is 0.185. The normalized spacial score (nSPS) is 15.2. The van der Waals surface area contributed by atoms with Gasteiger partial charge in [0.25, 0.3) is 5.91 Å². The van der Waals surface area contributed by atoms with E-state index in [0.29, 0.717) is 40.0 Å². The summed E-state index contributed by atoms with van der Waals surface area (Å²) < 4.78 is 4.69. The molecule has 1 saturated heterocycles. The van der Waals surface area contributed by atoms with Crippen LogP contribution in [0.15, 0.2) is 78.9 Å². The van der Waals surface area contributed by atoms with Crippen LogP contribution in [0.1, 0.15) is 22.3 Å². The van der Waals surface area contributed by atoms with Crippen molar-refractivity contribution in [3.63, 3.8) is 0 Å². The van der Waals surface area contributed by atoms with Crippen LogP contribution < -0.4 is 10.2 Å². The molecule has 1 unspecified atom stereocenters. The van der Waals surface area contributed by atoms with Gasteiger partial charge in [-0.25, -0.2) is 4.79 Å². The Morgan fingerprint density at radius 3 is 2.31 bits per heavy atom. The van der Waals surface area contributed by atoms with Crippen molar-refractivity contribution in [2.45, 2.75) is 18.9 Å². The van der Waals surface area contributed by atoms with Crippen LogP contribution in [-0.4, -0.2) is 47.5 Å². The molecule has 1 N–H and O–H groups in total. The van der Waals surface area contributed by atoms with Crippen molar-refractivity contribution in [3.8, 4) is 0 Å². The highest BCUT2D eigenvalue weighted by Crippen LogP contribution is 2.28. The summed E-state index contributed by atoms with van der Waals surface area (Å²) >= 11 is 11.7. The molecule has 184 valence electrons. The fourth-order valence-corrected chi connectivity index (χ4v) is 4.54. The smallest absolute Gasteiger partial charge is 0.337 e. The van der Waals surface area contributed by atoms with E-state index in [1.54, 1.807) is 29.2 Å². The van der Waals surface area contributed by atoms with Crippen LogP contribution in [0.3, 0.4) is 0 Å². The number of amides is 2. The van der Waals surface area contributed by atoms with Crippen LogP contribution >= 0.6 is 23.8 Å². The largest absolute Gasteiger partial charge is 0.465 e. The van der Waals surface area contributed by atoms with E-state index in [-0.39, 0.29) is 18.2 Å². The third kappa shape index (κ3) is 5.72. The molecule has 1 aliphatic heterocycles. The van der Waals surface area contributed by atoms with Crippen molar-refractivity contribution in [1.82, 2.24) is 4.90 Å². The summed E-state index contributed by atoms with van der Waals surface area (Å²) in [5, 5.41) is 3.81. The molecule has 1 fully saturated rings. The number of para-hydroxylation sites is 1. The second kappa shape index (κ2) is 11.3. The van der Waals surface area contributed by atoms with Crippen LogP contribution in [0.4, 0.5) is 11.4 Å². The van der Waals surface area contributed by atoms with Crippen LogP contribution in [0.5, 0.6) is 0 Å².